The number of aromatic nitrogens is 2. The number of fused-ring (bicyclic) bond motifs is 1. The van der Waals surface area contributed by atoms with Crippen LogP contribution in [-0.4, -0.2) is 23.6 Å². The lowest BCUT2D eigenvalue weighted by Crippen LogP contribution is -2.21. The predicted molar refractivity (Wildman–Crippen MR) is 87.4 cm³/mol. The molecule has 0 saturated heterocycles. The lowest BCUT2D eigenvalue weighted by molar-refractivity contribution is 0.855. The van der Waals surface area contributed by atoms with Crippen LogP contribution in [0.25, 0.3) is 10.8 Å². The van der Waals surface area contributed by atoms with Gasteiger partial charge in [-0.05, 0) is 30.3 Å². The Morgan fingerprint density at radius 1 is 1.05 bits per heavy atom. The third kappa shape index (κ3) is 2.79. The van der Waals surface area contributed by atoms with E-state index in [1.807, 2.05) is 36.7 Å². The van der Waals surface area contributed by atoms with E-state index in [1.165, 1.54) is 0 Å². The first-order valence-electron chi connectivity index (χ1n) is 6.99. The highest BCUT2D eigenvalue weighted by Gasteiger charge is 2.08. The second-order valence-corrected chi connectivity index (χ2v) is 5.09. The summed E-state index contributed by atoms with van der Waals surface area (Å²) >= 11 is 0. The van der Waals surface area contributed by atoms with Crippen molar-refractivity contribution in [2.45, 2.75) is 6.42 Å². The third-order valence-corrected chi connectivity index (χ3v) is 3.67. The molecular formula is C17H18N4. The van der Waals surface area contributed by atoms with Crippen LogP contribution in [0.1, 0.15) is 5.69 Å². The number of likely N-dealkylation sites (N-methyl/N-ethyl adjacent to an activating group) is 1. The van der Waals surface area contributed by atoms with Gasteiger partial charge in [0, 0.05) is 66.4 Å². The van der Waals surface area contributed by atoms with E-state index in [0.717, 1.165) is 40.8 Å². The molecule has 106 valence electrons. The maximum absolute atomic E-state index is 6.02. The Kier molecular flexibility index (Phi) is 3.69. The van der Waals surface area contributed by atoms with Crippen LogP contribution in [0.15, 0.2) is 55.0 Å². The lowest BCUT2D eigenvalue weighted by Gasteiger charge is -2.21. The number of nitrogen functional groups attached to an aromatic ring is 1. The van der Waals surface area contributed by atoms with Crippen LogP contribution in [-0.2, 0) is 6.42 Å². The highest BCUT2D eigenvalue weighted by molar-refractivity contribution is 6.00. The average molecular weight is 278 g/mol. The van der Waals surface area contributed by atoms with Crippen molar-refractivity contribution in [3.63, 3.8) is 0 Å². The monoisotopic (exact) mass is 278 g/mol. The van der Waals surface area contributed by atoms with E-state index >= 15 is 0 Å². The van der Waals surface area contributed by atoms with Crippen LogP contribution < -0.4 is 10.6 Å². The Hall–Kier alpha value is -2.62. The Morgan fingerprint density at radius 3 is 2.76 bits per heavy atom. The van der Waals surface area contributed by atoms with Gasteiger partial charge in [-0.1, -0.05) is 6.07 Å². The van der Waals surface area contributed by atoms with Gasteiger partial charge in [0.05, 0.1) is 0 Å². The summed E-state index contributed by atoms with van der Waals surface area (Å²) in [5.74, 6) is 0. The van der Waals surface area contributed by atoms with Crippen molar-refractivity contribution in [1.29, 1.82) is 0 Å². The SMILES string of the molecule is CN(CCc1ccccn1)c1ccc(N)c2cnccc12. The minimum absolute atomic E-state index is 0.764. The number of pyridine rings is 2. The van der Waals surface area contributed by atoms with Gasteiger partial charge in [0.2, 0.25) is 0 Å². The van der Waals surface area contributed by atoms with E-state index in [2.05, 4.69) is 34.0 Å². The van der Waals surface area contributed by atoms with Gasteiger partial charge in [-0.3, -0.25) is 9.97 Å². The summed E-state index contributed by atoms with van der Waals surface area (Å²) in [7, 11) is 2.09. The molecular weight excluding hydrogens is 260 g/mol. The molecule has 3 rings (SSSR count). The number of hydrogen-bond donors (Lipinski definition) is 1. The maximum Gasteiger partial charge on any atom is 0.0446 e. The molecule has 0 aliphatic heterocycles. The van der Waals surface area contributed by atoms with Crippen molar-refractivity contribution >= 4 is 22.1 Å². The van der Waals surface area contributed by atoms with Crippen LogP contribution in [0.3, 0.4) is 0 Å². The molecule has 0 fully saturated rings. The summed E-state index contributed by atoms with van der Waals surface area (Å²) < 4.78 is 0. The number of benzene rings is 1. The molecule has 0 bridgehead atoms. The van der Waals surface area contributed by atoms with Crippen LogP contribution in [0, 0.1) is 0 Å². The highest BCUT2D eigenvalue weighted by atomic mass is 15.1. The van der Waals surface area contributed by atoms with Gasteiger partial charge < -0.3 is 10.6 Å². The molecule has 4 heteroatoms. The standard InChI is InChI=1S/C17H18N4/c1-21(11-8-13-4-2-3-9-20-13)17-6-5-16(18)15-12-19-10-7-14(15)17/h2-7,9-10,12H,8,11,18H2,1H3. The fraction of sp³-hybridized carbons (Fsp3) is 0.176. The number of anilines is 2. The first-order valence-corrected chi connectivity index (χ1v) is 6.99. The topological polar surface area (TPSA) is 55.0 Å². The molecule has 0 spiro atoms. The smallest absolute Gasteiger partial charge is 0.0446 e. The number of hydrogen-bond acceptors (Lipinski definition) is 4. The zero-order chi connectivity index (χ0) is 14.7. The van der Waals surface area contributed by atoms with Crippen molar-refractivity contribution in [2.24, 2.45) is 0 Å². The van der Waals surface area contributed by atoms with E-state index in [0.29, 0.717) is 0 Å². The van der Waals surface area contributed by atoms with Gasteiger partial charge >= 0.3 is 0 Å². The normalized spacial score (nSPS) is 10.7. The van der Waals surface area contributed by atoms with Gasteiger partial charge in [-0.2, -0.15) is 0 Å². The first-order chi connectivity index (χ1) is 10.3. The van der Waals surface area contributed by atoms with Crippen molar-refractivity contribution < 1.29 is 0 Å². The van der Waals surface area contributed by atoms with Crippen LogP contribution in [0.2, 0.25) is 0 Å². The van der Waals surface area contributed by atoms with E-state index < -0.39 is 0 Å². The van der Waals surface area contributed by atoms with Crippen molar-refractivity contribution in [1.82, 2.24) is 9.97 Å². The molecule has 1 aromatic carbocycles. The lowest BCUT2D eigenvalue weighted by atomic mass is 10.1. The summed E-state index contributed by atoms with van der Waals surface area (Å²) in [5.41, 5.74) is 9.05. The summed E-state index contributed by atoms with van der Waals surface area (Å²) in [6.45, 7) is 0.901. The summed E-state index contributed by atoms with van der Waals surface area (Å²) in [5, 5.41) is 2.13. The fourth-order valence-corrected chi connectivity index (χ4v) is 2.48. The van der Waals surface area contributed by atoms with Crippen LogP contribution >= 0.6 is 0 Å². The summed E-state index contributed by atoms with van der Waals surface area (Å²) in [4.78, 5) is 10.8. The Morgan fingerprint density at radius 2 is 1.95 bits per heavy atom. The molecule has 0 aliphatic carbocycles. The molecule has 0 atom stereocenters. The Labute approximate surface area is 124 Å². The Balaban J connectivity index is 1.85. The van der Waals surface area contributed by atoms with E-state index in [-0.39, 0.29) is 0 Å². The van der Waals surface area contributed by atoms with Gasteiger partial charge in [-0.25, -0.2) is 0 Å². The average Bonchev–Trinajstić information content (AvgIpc) is 2.54. The summed E-state index contributed by atoms with van der Waals surface area (Å²) in [6, 6.07) is 12.0. The molecule has 0 unspecified atom stereocenters. The second-order valence-electron chi connectivity index (χ2n) is 5.09. The third-order valence-electron chi connectivity index (χ3n) is 3.67. The molecule has 2 N–H and O–H groups in total. The summed E-state index contributed by atoms with van der Waals surface area (Å²) in [6.07, 6.45) is 6.37. The molecule has 21 heavy (non-hydrogen) atoms. The minimum Gasteiger partial charge on any atom is -0.398 e. The molecule has 0 amide bonds. The quantitative estimate of drug-likeness (QED) is 0.746. The Bertz CT molecular complexity index is 740. The van der Waals surface area contributed by atoms with Crippen LogP contribution in [0.4, 0.5) is 11.4 Å². The van der Waals surface area contributed by atoms with Crippen LogP contribution in [0.5, 0.6) is 0 Å². The molecule has 4 nitrogen and oxygen atoms in total. The number of rotatable bonds is 4. The molecule has 0 saturated carbocycles. The van der Waals surface area contributed by atoms with Crippen molar-refractivity contribution in [2.75, 3.05) is 24.2 Å². The van der Waals surface area contributed by atoms with Crippen molar-refractivity contribution in [3.8, 4) is 0 Å². The van der Waals surface area contributed by atoms with E-state index in [9.17, 15) is 0 Å². The zero-order valence-electron chi connectivity index (χ0n) is 12.0. The van der Waals surface area contributed by atoms with Gasteiger partial charge in [0.15, 0.2) is 0 Å². The molecule has 2 heterocycles. The maximum atomic E-state index is 6.02. The zero-order valence-corrected chi connectivity index (χ0v) is 12.0. The van der Waals surface area contributed by atoms with Crippen molar-refractivity contribution in [3.05, 3.63) is 60.7 Å². The second kappa shape index (κ2) is 5.79. The first kappa shape index (κ1) is 13.4. The highest BCUT2D eigenvalue weighted by Crippen LogP contribution is 2.29. The minimum atomic E-state index is 0.764. The number of nitrogens with zero attached hydrogens (tertiary/aromatic N) is 3. The fourth-order valence-electron chi connectivity index (χ4n) is 2.48. The van der Waals surface area contributed by atoms with E-state index in [4.69, 9.17) is 5.73 Å². The van der Waals surface area contributed by atoms with Gasteiger partial charge in [-0.15, -0.1) is 0 Å². The predicted octanol–water partition coefficient (Wildman–Crippen LogP) is 2.89. The number of nitrogens with two attached hydrogens (primary N) is 1. The molecule has 0 radical (unpaired) electrons. The molecule has 3 aromatic rings. The van der Waals surface area contributed by atoms with Gasteiger partial charge in [0.25, 0.3) is 0 Å². The van der Waals surface area contributed by atoms with E-state index in [1.54, 1.807) is 6.20 Å². The molecule has 0 aliphatic rings. The molecule has 2 aromatic heterocycles. The largest absolute Gasteiger partial charge is 0.398 e. The van der Waals surface area contributed by atoms with Gasteiger partial charge in [0.1, 0.15) is 0 Å².